The number of nitrogens with one attached hydrogen (secondary N) is 1. The summed E-state index contributed by atoms with van der Waals surface area (Å²) in [7, 11) is 0. The van der Waals surface area contributed by atoms with Crippen LogP contribution in [0.5, 0.6) is 5.06 Å². The predicted molar refractivity (Wildman–Crippen MR) is 84.5 cm³/mol. The first-order valence-corrected chi connectivity index (χ1v) is 8.84. The van der Waals surface area contributed by atoms with Crippen LogP contribution < -0.4 is 9.46 Å². The van der Waals surface area contributed by atoms with E-state index < -0.39 is 28.9 Å². The van der Waals surface area contributed by atoms with Crippen LogP contribution in [-0.4, -0.2) is 22.1 Å². The molecule has 1 rings (SSSR count). The molecule has 0 fully saturated rings. The van der Waals surface area contributed by atoms with E-state index in [-0.39, 0.29) is 17.0 Å². The summed E-state index contributed by atoms with van der Waals surface area (Å²) in [5, 5.41) is 0.210. The lowest BCUT2D eigenvalue weighted by Crippen LogP contribution is -2.42. The minimum absolute atomic E-state index is 0.139. The molecule has 3 nitrogen and oxygen atoms in total. The number of thiophene rings is 1. The first-order valence-electron chi connectivity index (χ1n) is 6.87. The van der Waals surface area contributed by atoms with Crippen LogP contribution in [0.1, 0.15) is 45.5 Å². The first-order chi connectivity index (χ1) is 9.90. The van der Waals surface area contributed by atoms with Crippen LogP contribution in [0.2, 0.25) is 0 Å². The number of hydrogen-bond donors (Lipinski definition) is 1. The van der Waals surface area contributed by atoms with Crippen molar-refractivity contribution in [2.45, 2.75) is 51.6 Å². The van der Waals surface area contributed by atoms with Gasteiger partial charge < -0.3 is 9.29 Å². The van der Waals surface area contributed by atoms with E-state index in [0.29, 0.717) is 0 Å². The second-order valence-corrected chi connectivity index (χ2v) is 9.36. The highest BCUT2D eigenvalue weighted by Gasteiger charge is 2.32. The maximum absolute atomic E-state index is 12.2. The first kappa shape index (κ1) is 19.6. The molecule has 1 aromatic heterocycles. The normalized spacial score (nSPS) is 15.9. The van der Waals surface area contributed by atoms with Crippen LogP contribution in [0, 0.1) is 5.92 Å². The van der Waals surface area contributed by atoms with Gasteiger partial charge in [-0.05, 0) is 38.8 Å². The second kappa shape index (κ2) is 7.42. The molecule has 0 spiro atoms. The zero-order valence-corrected chi connectivity index (χ0v) is 14.9. The number of hydrogen-bond acceptors (Lipinski definition) is 4. The average molecular weight is 357 g/mol. The van der Waals surface area contributed by atoms with Crippen LogP contribution in [-0.2, 0) is 11.4 Å². The molecule has 1 N–H and O–H groups in total. The summed E-state index contributed by atoms with van der Waals surface area (Å²) >= 11 is -0.118. The average Bonchev–Trinajstić information content (AvgIpc) is 2.79. The summed E-state index contributed by atoms with van der Waals surface area (Å²) in [5.41, 5.74) is 0. The van der Waals surface area contributed by atoms with Crippen LogP contribution >= 0.6 is 11.3 Å². The lowest BCUT2D eigenvalue weighted by Gasteiger charge is -2.29. The van der Waals surface area contributed by atoms with Gasteiger partial charge in [0.2, 0.25) is 0 Å². The van der Waals surface area contributed by atoms with Gasteiger partial charge in [-0.25, -0.2) is 0 Å². The molecule has 0 aliphatic heterocycles. The second-order valence-electron chi connectivity index (χ2n) is 6.28. The van der Waals surface area contributed by atoms with Crippen molar-refractivity contribution in [2.75, 3.05) is 6.61 Å². The summed E-state index contributed by atoms with van der Waals surface area (Å²) in [5.74, 6) is 0.139. The smallest absolute Gasteiger partial charge is 0.422 e. The zero-order chi connectivity index (χ0) is 17.1. The SMILES string of the molecule is CC(C)[C@H](N[S+]([O-])C(C)(C)C)c1ccc(OCC(F)(F)F)s1. The van der Waals surface area contributed by atoms with Crippen molar-refractivity contribution < 1.29 is 22.5 Å². The standard InChI is InChI=1S/C14H22F3NO2S2/c1-9(2)12(18-22(19)13(3,4)5)10-6-7-11(21-10)20-8-14(15,16)17/h6-7,9,12,18H,8H2,1-5H3/t12-,22?/m0/s1. The van der Waals surface area contributed by atoms with E-state index in [4.69, 9.17) is 4.74 Å². The monoisotopic (exact) mass is 357 g/mol. The van der Waals surface area contributed by atoms with E-state index in [1.165, 1.54) is 6.07 Å². The Kier molecular flexibility index (Phi) is 6.61. The molecule has 0 aliphatic carbocycles. The van der Waals surface area contributed by atoms with Crippen molar-refractivity contribution in [1.29, 1.82) is 0 Å². The quantitative estimate of drug-likeness (QED) is 0.766. The van der Waals surface area contributed by atoms with Crippen molar-refractivity contribution in [3.8, 4) is 5.06 Å². The molecule has 22 heavy (non-hydrogen) atoms. The largest absolute Gasteiger partial charge is 0.598 e. The third kappa shape index (κ3) is 6.36. The van der Waals surface area contributed by atoms with Gasteiger partial charge >= 0.3 is 6.18 Å². The van der Waals surface area contributed by atoms with Crippen molar-refractivity contribution in [1.82, 2.24) is 4.72 Å². The predicted octanol–water partition coefficient (Wildman–Crippen LogP) is 4.44. The van der Waals surface area contributed by atoms with Crippen molar-refractivity contribution in [3.05, 3.63) is 17.0 Å². The Morgan fingerprint density at radius 3 is 2.32 bits per heavy atom. The summed E-state index contributed by atoms with van der Waals surface area (Å²) in [6.07, 6.45) is -4.35. The lowest BCUT2D eigenvalue weighted by atomic mass is 10.0. The van der Waals surface area contributed by atoms with Crippen LogP contribution in [0.3, 0.4) is 0 Å². The van der Waals surface area contributed by atoms with Gasteiger partial charge in [-0.1, -0.05) is 13.8 Å². The lowest BCUT2D eigenvalue weighted by molar-refractivity contribution is -0.152. The van der Waals surface area contributed by atoms with Crippen LogP contribution in [0.25, 0.3) is 0 Å². The fraction of sp³-hybridized carbons (Fsp3) is 0.714. The van der Waals surface area contributed by atoms with Gasteiger partial charge in [0.1, 0.15) is 4.75 Å². The molecular formula is C14H22F3NO2S2. The Balaban J connectivity index is 2.79. The number of rotatable bonds is 6. The number of alkyl halides is 3. The fourth-order valence-electron chi connectivity index (χ4n) is 1.55. The van der Waals surface area contributed by atoms with Gasteiger partial charge in [0.05, 0.1) is 6.04 Å². The van der Waals surface area contributed by atoms with E-state index in [1.54, 1.807) is 6.07 Å². The topological polar surface area (TPSA) is 44.3 Å². The highest BCUT2D eigenvalue weighted by atomic mass is 32.2. The molecule has 0 bridgehead atoms. The third-order valence-corrected chi connectivity index (χ3v) is 5.40. The molecule has 0 aliphatic rings. The van der Waals surface area contributed by atoms with Gasteiger partial charge in [0.15, 0.2) is 11.7 Å². The van der Waals surface area contributed by atoms with Gasteiger partial charge in [-0.2, -0.15) is 13.2 Å². The molecule has 1 heterocycles. The van der Waals surface area contributed by atoms with E-state index in [0.717, 1.165) is 16.2 Å². The van der Waals surface area contributed by atoms with Crippen molar-refractivity contribution in [2.24, 2.45) is 5.92 Å². The van der Waals surface area contributed by atoms with Crippen LogP contribution in [0.4, 0.5) is 13.2 Å². The zero-order valence-electron chi connectivity index (χ0n) is 13.3. The minimum atomic E-state index is -4.35. The highest BCUT2D eigenvalue weighted by molar-refractivity contribution is 7.90. The third-order valence-electron chi connectivity index (χ3n) is 2.74. The molecule has 1 aromatic rings. The molecule has 0 saturated heterocycles. The Bertz CT molecular complexity index is 469. The van der Waals surface area contributed by atoms with Crippen molar-refractivity contribution >= 4 is 22.7 Å². The molecule has 128 valence electrons. The van der Waals surface area contributed by atoms with Crippen LogP contribution in [0.15, 0.2) is 12.1 Å². The summed E-state index contributed by atoms with van der Waals surface area (Å²) in [6.45, 7) is 8.21. The summed E-state index contributed by atoms with van der Waals surface area (Å²) < 4.78 is 56.1. The highest BCUT2D eigenvalue weighted by Crippen LogP contribution is 2.34. The van der Waals surface area contributed by atoms with Gasteiger partial charge in [0, 0.05) is 16.2 Å². The number of ether oxygens (including phenoxy) is 1. The van der Waals surface area contributed by atoms with Gasteiger partial charge in [-0.3, -0.25) is 0 Å². The molecule has 8 heteroatoms. The van der Waals surface area contributed by atoms with Crippen molar-refractivity contribution in [3.63, 3.8) is 0 Å². The van der Waals surface area contributed by atoms with E-state index in [9.17, 15) is 17.7 Å². The molecule has 0 aromatic carbocycles. The van der Waals surface area contributed by atoms with Gasteiger partial charge in [0.25, 0.3) is 0 Å². The molecule has 0 amide bonds. The summed E-state index contributed by atoms with van der Waals surface area (Å²) in [4.78, 5) is 0.810. The van der Waals surface area contributed by atoms with Gasteiger partial charge in [-0.15, -0.1) is 16.1 Å². The molecular weight excluding hydrogens is 335 g/mol. The molecule has 2 atom stereocenters. The van der Waals surface area contributed by atoms with E-state index in [1.807, 2.05) is 34.6 Å². The maximum atomic E-state index is 12.2. The molecule has 0 saturated carbocycles. The number of halogens is 3. The molecule has 0 radical (unpaired) electrons. The Labute approximate surface area is 136 Å². The Morgan fingerprint density at radius 2 is 1.86 bits per heavy atom. The Morgan fingerprint density at radius 1 is 1.27 bits per heavy atom. The molecule has 1 unspecified atom stereocenters. The fourth-order valence-corrected chi connectivity index (χ4v) is 3.69. The maximum Gasteiger partial charge on any atom is 0.422 e. The minimum Gasteiger partial charge on any atom is -0.598 e. The Hall–Kier alpha value is -0.440. The van der Waals surface area contributed by atoms with E-state index >= 15 is 0 Å². The summed E-state index contributed by atoms with van der Waals surface area (Å²) in [6, 6.07) is 3.03. The van der Waals surface area contributed by atoms with E-state index in [2.05, 4.69) is 4.72 Å².